The second-order valence-corrected chi connectivity index (χ2v) is 21.3. The molecule has 8 aromatic rings. The molecule has 5 radical (unpaired) electrons. The summed E-state index contributed by atoms with van der Waals surface area (Å²) >= 11 is 0. The second kappa shape index (κ2) is 15.6. The molecule has 0 bridgehead atoms. The summed E-state index contributed by atoms with van der Waals surface area (Å²) in [7, 11) is 4.04. The van der Waals surface area contributed by atoms with E-state index < -0.39 is 21.9 Å². The summed E-state index contributed by atoms with van der Waals surface area (Å²) in [5.41, 5.74) is 8.40. The van der Waals surface area contributed by atoms with Crippen LogP contribution >= 0.6 is 0 Å². The van der Waals surface area contributed by atoms with Crippen LogP contribution in [0.4, 0.5) is 68.2 Å². The Kier molecular flexibility index (Phi) is 9.80. The lowest BCUT2D eigenvalue weighted by Gasteiger charge is -2.49. The molecule has 12 rings (SSSR count). The van der Waals surface area contributed by atoms with Crippen LogP contribution in [0.3, 0.4) is 0 Å². The molecule has 0 N–H and O–H groups in total. The zero-order valence-corrected chi connectivity index (χ0v) is 41.3. The molecule has 12 heteroatoms. The van der Waals surface area contributed by atoms with Gasteiger partial charge >= 0.3 is 0 Å². The van der Waals surface area contributed by atoms with Crippen LogP contribution in [0.5, 0.6) is 0 Å². The van der Waals surface area contributed by atoms with Gasteiger partial charge in [0.2, 0.25) is 0 Å². The highest BCUT2D eigenvalue weighted by atomic mass is 16.5. The Hall–Kier alpha value is -7.84. The highest BCUT2D eigenvalue weighted by Gasteiger charge is 2.54. The number of hydroxylamine groups is 2. The monoisotopic (exact) mass is 950 g/mol. The van der Waals surface area contributed by atoms with Gasteiger partial charge < -0.3 is 9.80 Å². The molecule has 357 valence electrons. The minimum absolute atomic E-state index is 0.248. The van der Waals surface area contributed by atoms with Gasteiger partial charge in [0.1, 0.15) is 0 Å². The third kappa shape index (κ3) is 6.04. The van der Waals surface area contributed by atoms with Crippen LogP contribution in [0.2, 0.25) is 0 Å². The Labute approximate surface area is 419 Å². The third-order valence-electron chi connectivity index (χ3n) is 15.2. The van der Waals surface area contributed by atoms with Crippen molar-refractivity contribution in [2.24, 2.45) is 0 Å². The van der Waals surface area contributed by atoms with E-state index in [1.165, 1.54) is 0 Å². The normalized spacial score (nSPS) is 15.4. The lowest BCUT2D eigenvalue weighted by molar-refractivity contribution is 0.102. The third-order valence-corrected chi connectivity index (χ3v) is 15.2. The number of fused-ring (bicyclic) bond motifs is 16. The van der Waals surface area contributed by atoms with Crippen LogP contribution in [0.1, 0.15) is 86.1 Å². The summed E-state index contributed by atoms with van der Waals surface area (Å²) < 4.78 is 0. The average Bonchev–Trinajstić information content (AvgIpc) is 3.39. The van der Waals surface area contributed by atoms with Crippen LogP contribution in [0, 0.1) is 0 Å². The van der Waals surface area contributed by atoms with Crippen LogP contribution in [0.25, 0.3) is 0 Å². The fraction of sp³-hybridized carbons (Fsp3) is 0.200. The van der Waals surface area contributed by atoms with Gasteiger partial charge in [0.15, 0.2) is 0 Å². The first-order valence-electron chi connectivity index (χ1n) is 24.2. The number of hydrogen-bond acceptors (Lipinski definition) is 7. The van der Waals surface area contributed by atoms with Gasteiger partial charge in [0.05, 0.1) is 67.4 Å². The second-order valence-electron chi connectivity index (χ2n) is 21.3. The van der Waals surface area contributed by atoms with Gasteiger partial charge in [0, 0.05) is 59.1 Å². The summed E-state index contributed by atoms with van der Waals surface area (Å²) in [6.07, 6.45) is 0. The first kappa shape index (κ1) is 45.3. The predicted octanol–water partition coefficient (Wildman–Crippen LogP) is 13.6. The van der Waals surface area contributed by atoms with E-state index >= 15 is 5.21 Å². The topological polar surface area (TPSA) is 122 Å². The standard InChI is InChI=1S/C60H52N7O5/c1-57(2,3)66(71)39-27-31-55-47(35-39)59(41-17-9-13-21-49(41)61(7)50-22-14-10-18-42(50)59)45-33-37(25-29-53(45)64(55)69)63(68)38-26-30-54-46(34-38)60(48-36-40(67(72)58(4,5)6)28-32-56(48)65(54)70)43-19-11-15-23-51(43)62(8)52-24-16-12-20-44(52)60/h9-36H,1-8H3. The fourth-order valence-electron chi connectivity index (χ4n) is 12.0. The van der Waals surface area contributed by atoms with Gasteiger partial charge in [-0.15, -0.1) is 0 Å². The van der Waals surface area contributed by atoms with Crippen molar-refractivity contribution in [2.45, 2.75) is 63.5 Å². The van der Waals surface area contributed by atoms with Crippen LogP contribution < -0.4 is 35.1 Å². The Morgan fingerprint density at radius 1 is 0.333 bits per heavy atom. The van der Waals surface area contributed by atoms with E-state index in [9.17, 15) is 20.8 Å². The smallest absolute Gasteiger partial charge is 0.0785 e. The molecule has 0 saturated carbocycles. The molecule has 8 aromatic carbocycles. The van der Waals surface area contributed by atoms with Crippen molar-refractivity contribution in [3.63, 3.8) is 0 Å². The van der Waals surface area contributed by atoms with Crippen molar-refractivity contribution in [1.29, 1.82) is 0 Å². The Balaban J connectivity index is 1.11. The molecule has 0 unspecified atom stereocenters. The first-order chi connectivity index (χ1) is 34.4. The van der Waals surface area contributed by atoms with E-state index in [1.807, 2.05) is 128 Å². The molecule has 12 nitrogen and oxygen atoms in total. The zero-order chi connectivity index (χ0) is 50.4. The van der Waals surface area contributed by atoms with Crippen molar-refractivity contribution in [1.82, 2.24) is 0 Å². The van der Waals surface area contributed by atoms with E-state index in [4.69, 9.17) is 0 Å². The molecule has 4 aliphatic heterocycles. The first-order valence-corrected chi connectivity index (χ1v) is 24.2. The maximum absolute atomic E-state index is 15.6. The SMILES string of the molecule is CN1c2ccccc2C2(c3ccccc31)c1cc(N([O])c3ccc4c(c3)C3(c5ccccc5N(C)c5ccccc53)c3cc(N([O])C(C)(C)C)ccc3N4[O])ccc1N([O])c1ccc(N([O])C(C)(C)C)cc12. The molecular formula is C60H52N7O5. The Bertz CT molecular complexity index is 3200. The number of benzene rings is 8. The largest absolute Gasteiger partial charge is 0.344 e. The molecule has 0 fully saturated rings. The van der Waals surface area contributed by atoms with Crippen LogP contribution in [0.15, 0.2) is 170 Å². The Morgan fingerprint density at radius 2 is 0.583 bits per heavy atom. The number of anilines is 12. The van der Waals surface area contributed by atoms with E-state index in [0.717, 1.165) is 70.3 Å². The summed E-state index contributed by atoms with van der Waals surface area (Å²) in [4.78, 5) is 4.28. The van der Waals surface area contributed by atoms with E-state index in [1.54, 1.807) is 48.5 Å². The van der Waals surface area contributed by atoms with Crippen molar-refractivity contribution in [3.8, 4) is 0 Å². The predicted molar refractivity (Wildman–Crippen MR) is 280 cm³/mol. The maximum Gasteiger partial charge on any atom is 0.0785 e. The lowest BCUT2D eigenvalue weighted by Crippen LogP contribution is -2.43. The maximum atomic E-state index is 15.6. The van der Waals surface area contributed by atoms with E-state index in [0.29, 0.717) is 56.4 Å². The van der Waals surface area contributed by atoms with Crippen molar-refractivity contribution in [3.05, 3.63) is 214 Å². The molecule has 0 saturated heterocycles. The van der Waals surface area contributed by atoms with Gasteiger partial charge in [-0.25, -0.2) is 10.1 Å². The molecule has 0 amide bonds. The van der Waals surface area contributed by atoms with Crippen molar-refractivity contribution < 1.29 is 26.0 Å². The molecule has 4 aliphatic rings. The average molecular weight is 951 g/mol. The lowest BCUT2D eigenvalue weighted by atomic mass is 9.60. The van der Waals surface area contributed by atoms with E-state index in [2.05, 4.69) is 58.3 Å². The minimum atomic E-state index is -1.18. The molecule has 0 aliphatic carbocycles. The summed E-state index contributed by atoms with van der Waals surface area (Å²) in [6.45, 7) is 11.1. The van der Waals surface area contributed by atoms with Crippen molar-refractivity contribution >= 4 is 68.2 Å². The number of nitrogens with zero attached hydrogens (tertiary/aromatic N) is 7. The van der Waals surface area contributed by atoms with Crippen molar-refractivity contribution in [2.75, 3.05) is 49.2 Å². The van der Waals surface area contributed by atoms with E-state index in [-0.39, 0.29) is 11.4 Å². The molecule has 0 atom stereocenters. The molecule has 2 spiro atoms. The zero-order valence-electron chi connectivity index (χ0n) is 41.3. The van der Waals surface area contributed by atoms with Gasteiger partial charge in [-0.05, 0) is 161 Å². The molecular weight excluding hydrogens is 899 g/mol. The minimum Gasteiger partial charge on any atom is -0.344 e. The quantitative estimate of drug-likeness (QED) is 0.161. The number of para-hydroxylation sites is 4. The summed E-state index contributed by atoms with van der Waals surface area (Å²) in [5.74, 6) is 0. The molecule has 4 heterocycles. The van der Waals surface area contributed by atoms with Gasteiger partial charge in [0.25, 0.3) is 0 Å². The fourth-order valence-corrected chi connectivity index (χ4v) is 12.0. The van der Waals surface area contributed by atoms with Gasteiger partial charge in [-0.3, -0.25) is 0 Å². The Morgan fingerprint density at radius 3 is 0.861 bits per heavy atom. The number of hydrogen-bond donors (Lipinski definition) is 0. The highest BCUT2D eigenvalue weighted by molar-refractivity contribution is 5.94. The highest BCUT2D eigenvalue weighted by Crippen LogP contribution is 2.65. The van der Waals surface area contributed by atoms with Crippen LogP contribution in [-0.2, 0) is 36.9 Å². The number of rotatable bonds is 4. The summed E-state index contributed by atoms with van der Waals surface area (Å²) in [6, 6.07) is 53.3. The molecule has 72 heavy (non-hydrogen) atoms. The van der Waals surface area contributed by atoms with Gasteiger partial charge in [-0.2, -0.15) is 15.2 Å². The molecule has 0 aromatic heterocycles. The van der Waals surface area contributed by atoms with Crippen LogP contribution in [-0.4, -0.2) is 25.2 Å². The van der Waals surface area contributed by atoms with Gasteiger partial charge in [-0.1, -0.05) is 98.8 Å². The summed E-state index contributed by atoms with van der Waals surface area (Å²) in [5, 5.41) is 78.2.